The number of hydrazine groups is 1. The van der Waals surface area contributed by atoms with Crippen molar-refractivity contribution in [1.82, 2.24) is 10.0 Å². The molecule has 4 rings (SSSR count). The Bertz CT molecular complexity index is 1130. The maximum absolute atomic E-state index is 13.5. The summed E-state index contributed by atoms with van der Waals surface area (Å²) >= 11 is 6.23. The molecule has 1 fully saturated rings. The third-order valence-corrected chi connectivity index (χ3v) is 6.52. The van der Waals surface area contributed by atoms with Gasteiger partial charge >= 0.3 is 0 Å². The second-order valence-corrected chi connectivity index (χ2v) is 8.62. The Morgan fingerprint density at radius 1 is 0.969 bits per heavy atom. The van der Waals surface area contributed by atoms with Gasteiger partial charge in [-0.15, -0.1) is 0 Å². The van der Waals surface area contributed by atoms with Crippen LogP contribution in [0.1, 0.15) is 44.7 Å². The van der Waals surface area contributed by atoms with Gasteiger partial charge in [0.25, 0.3) is 17.7 Å². The lowest BCUT2D eigenvalue weighted by Crippen LogP contribution is -2.52. The van der Waals surface area contributed by atoms with Crippen molar-refractivity contribution in [2.24, 2.45) is 11.8 Å². The third-order valence-electron chi connectivity index (χ3n) is 6.19. The molecule has 1 saturated heterocycles. The van der Waals surface area contributed by atoms with Crippen molar-refractivity contribution in [3.63, 3.8) is 0 Å². The van der Waals surface area contributed by atoms with Crippen LogP contribution in [0.2, 0.25) is 5.02 Å². The van der Waals surface area contributed by atoms with E-state index >= 15 is 0 Å². The molecule has 0 unspecified atom stereocenters. The Labute approximate surface area is 191 Å². The number of amides is 3. The van der Waals surface area contributed by atoms with E-state index in [0.29, 0.717) is 18.4 Å². The van der Waals surface area contributed by atoms with Crippen molar-refractivity contribution < 1.29 is 19.2 Å². The molecule has 0 N–H and O–H groups in total. The Hall–Kier alpha value is -3.25. The van der Waals surface area contributed by atoms with Crippen molar-refractivity contribution in [2.45, 2.75) is 26.7 Å². The number of nitrogens with zero attached hydrogens (tertiary/aromatic N) is 2. The normalized spacial score (nSPS) is 19.8. The Morgan fingerprint density at radius 2 is 1.59 bits per heavy atom. The van der Waals surface area contributed by atoms with Gasteiger partial charge in [0.2, 0.25) is 0 Å². The molecule has 2 aromatic carbocycles. The minimum Gasteiger partial charge on any atom is -0.292 e. The number of ketones is 1. The molecule has 2 atom stereocenters. The van der Waals surface area contributed by atoms with Crippen LogP contribution in [0.3, 0.4) is 0 Å². The van der Waals surface area contributed by atoms with Gasteiger partial charge in [-0.1, -0.05) is 48.0 Å². The van der Waals surface area contributed by atoms with Gasteiger partial charge in [-0.3, -0.25) is 19.2 Å². The number of fused-ring (bicyclic) bond motifs is 1. The lowest BCUT2D eigenvalue weighted by molar-refractivity contribution is -0.154. The Morgan fingerprint density at radius 3 is 2.19 bits per heavy atom. The number of hydrogen-bond donors (Lipinski definition) is 0. The van der Waals surface area contributed by atoms with Crippen LogP contribution in [-0.2, 0) is 9.59 Å². The number of carbonyl (C=O) groups excluding carboxylic acids is 4. The summed E-state index contributed by atoms with van der Waals surface area (Å²) in [4.78, 5) is 52.9. The minimum atomic E-state index is -0.666. The van der Waals surface area contributed by atoms with Gasteiger partial charge in [0, 0.05) is 5.56 Å². The molecule has 0 saturated carbocycles. The lowest BCUT2D eigenvalue weighted by Gasteiger charge is -2.30. The predicted molar refractivity (Wildman–Crippen MR) is 120 cm³/mol. The summed E-state index contributed by atoms with van der Waals surface area (Å²) < 4.78 is 0. The number of halogens is 1. The summed E-state index contributed by atoms with van der Waals surface area (Å²) in [7, 11) is 0. The highest BCUT2D eigenvalue weighted by atomic mass is 35.5. The van der Waals surface area contributed by atoms with Crippen molar-refractivity contribution in [2.75, 3.05) is 6.54 Å². The fraction of sp³-hybridized carbons (Fsp3) is 0.280. The maximum Gasteiger partial charge on any atom is 0.274 e. The molecule has 2 aromatic rings. The summed E-state index contributed by atoms with van der Waals surface area (Å²) in [6, 6.07) is 11.6. The Kier molecular flexibility index (Phi) is 5.98. The monoisotopic (exact) mass is 450 g/mol. The predicted octanol–water partition coefficient (Wildman–Crippen LogP) is 4.15. The third kappa shape index (κ3) is 3.86. The van der Waals surface area contributed by atoms with Crippen molar-refractivity contribution in [1.29, 1.82) is 0 Å². The van der Waals surface area contributed by atoms with E-state index in [9.17, 15) is 19.2 Å². The quantitative estimate of drug-likeness (QED) is 0.389. The average Bonchev–Trinajstić information content (AvgIpc) is 3.04. The van der Waals surface area contributed by atoms with Gasteiger partial charge in [0.05, 0.1) is 22.4 Å². The molecule has 0 radical (unpaired) electrons. The number of allylic oxidation sites excluding steroid dienone is 2. The van der Waals surface area contributed by atoms with Gasteiger partial charge in [0.1, 0.15) is 6.54 Å². The van der Waals surface area contributed by atoms with Crippen molar-refractivity contribution in [3.05, 3.63) is 81.9 Å². The van der Waals surface area contributed by atoms with E-state index in [2.05, 4.69) is 0 Å². The first kappa shape index (κ1) is 22.0. The second kappa shape index (κ2) is 8.71. The summed E-state index contributed by atoms with van der Waals surface area (Å²) in [5, 5.41) is 2.01. The standard InChI is InChI=1S/C25H23ClN2O4/c1-15-11-12-17(13-16(15)2)22(29)14-27(23(30)20-9-5-6-10-21(20)26)28-24(31)18-7-3-4-8-19(18)25(28)32/h3-6,9-13,18-19H,7-8,14H2,1-2H3/t18-,19-/m0/s1. The number of aryl methyl sites for hydroxylation is 2. The molecular formula is C25H23ClN2O4. The molecule has 164 valence electrons. The number of rotatable bonds is 5. The second-order valence-electron chi connectivity index (χ2n) is 8.21. The largest absolute Gasteiger partial charge is 0.292 e. The molecule has 0 bridgehead atoms. The zero-order chi connectivity index (χ0) is 23.0. The van der Waals surface area contributed by atoms with Crippen molar-refractivity contribution >= 4 is 35.1 Å². The van der Waals surface area contributed by atoms with E-state index in [1.807, 2.05) is 32.1 Å². The summed E-state index contributed by atoms with van der Waals surface area (Å²) in [6.07, 6.45) is 4.61. The molecule has 6 nitrogen and oxygen atoms in total. The van der Waals surface area contributed by atoms with E-state index in [0.717, 1.165) is 21.1 Å². The van der Waals surface area contributed by atoms with Crippen LogP contribution in [-0.4, -0.2) is 40.1 Å². The van der Waals surface area contributed by atoms with Gasteiger partial charge in [-0.2, -0.15) is 5.01 Å². The smallest absolute Gasteiger partial charge is 0.274 e. The lowest BCUT2D eigenvalue weighted by atomic mass is 9.85. The molecule has 0 aromatic heterocycles. The molecule has 2 aliphatic rings. The summed E-state index contributed by atoms with van der Waals surface area (Å²) in [5.41, 5.74) is 2.50. The summed E-state index contributed by atoms with van der Waals surface area (Å²) in [5.74, 6) is -3.00. The van der Waals surface area contributed by atoms with Crippen molar-refractivity contribution in [3.8, 4) is 0 Å². The number of carbonyl (C=O) groups is 4. The molecule has 1 aliphatic carbocycles. The fourth-order valence-corrected chi connectivity index (χ4v) is 4.39. The number of benzene rings is 2. The number of Topliss-reactive ketones (excluding diaryl/α,β-unsaturated/α-hetero) is 1. The topological polar surface area (TPSA) is 74.8 Å². The van der Waals surface area contributed by atoms with E-state index in [1.54, 1.807) is 30.3 Å². The van der Waals surface area contributed by atoms with Crippen LogP contribution in [0.25, 0.3) is 0 Å². The average molecular weight is 451 g/mol. The first-order valence-electron chi connectivity index (χ1n) is 10.5. The van der Waals surface area contributed by atoms with E-state index < -0.39 is 36.1 Å². The Balaban J connectivity index is 1.72. The SMILES string of the molecule is Cc1ccc(C(=O)CN(C(=O)c2ccccc2Cl)N2C(=O)[C@H]3CC=CC[C@@H]3C2=O)cc1C. The van der Waals surface area contributed by atoms with Crippen LogP contribution in [0.15, 0.2) is 54.6 Å². The van der Waals surface area contributed by atoms with Crippen LogP contribution in [0, 0.1) is 25.7 Å². The molecule has 3 amide bonds. The van der Waals surface area contributed by atoms with Gasteiger partial charge in [-0.25, -0.2) is 5.01 Å². The molecule has 0 spiro atoms. The molecule has 32 heavy (non-hydrogen) atoms. The fourth-order valence-electron chi connectivity index (χ4n) is 4.17. The number of hydrogen-bond acceptors (Lipinski definition) is 4. The highest BCUT2D eigenvalue weighted by Gasteiger charge is 2.51. The maximum atomic E-state index is 13.5. The van der Waals surface area contributed by atoms with Gasteiger partial charge in [0.15, 0.2) is 5.78 Å². The molecule has 1 aliphatic heterocycles. The van der Waals surface area contributed by atoms with Crippen LogP contribution in [0.5, 0.6) is 0 Å². The first-order valence-corrected chi connectivity index (χ1v) is 10.9. The van der Waals surface area contributed by atoms with E-state index in [-0.39, 0.29) is 16.4 Å². The van der Waals surface area contributed by atoms with Gasteiger partial charge < -0.3 is 0 Å². The van der Waals surface area contributed by atoms with Gasteiger partial charge in [-0.05, 0) is 56.0 Å². The van der Waals surface area contributed by atoms with E-state index in [4.69, 9.17) is 11.6 Å². The highest BCUT2D eigenvalue weighted by Crippen LogP contribution is 2.36. The zero-order valence-corrected chi connectivity index (χ0v) is 18.6. The molecule has 7 heteroatoms. The van der Waals surface area contributed by atoms with Crippen LogP contribution >= 0.6 is 11.6 Å². The number of imide groups is 1. The summed E-state index contributed by atoms with van der Waals surface area (Å²) in [6.45, 7) is 3.38. The van der Waals surface area contributed by atoms with Crippen LogP contribution in [0.4, 0.5) is 0 Å². The zero-order valence-electron chi connectivity index (χ0n) is 17.9. The first-order chi connectivity index (χ1) is 15.3. The van der Waals surface area contributed by atoms with Crippen LogP contribution < -0.4 is 0 Å². The molecule has 1 heterocycles. The van der Waals surface area contributed by atoms with E-state index in [1.165, 1.54) is 6.07 Å². The highest BCUT2D eigenvalue weighted by molar-refractivity contribution is 6.34. The molecular weight excluding hydrogens is 428 g/mol. The minimum absolute atomic E-state index is 0.121.